The molecule has 0 spiro atoms. The first-order valence-corrected chi connectivity index (χ1v) is 11.0. The number of benzene rings is 3. The van der Waals surface area contributed by atoms with Gasteiger partial charge in [0.05, 0.1) is 21.8 Å². The Bertz CT molecular complexity index is 1390. The zero-order chi connectivity index (χ0) is 23.5. The van der Waals surface area contributed by atoms with Gasteiger partial charge in [0, 0.05) is 21.7 Å². The van der Waals surface area contributed by atoms with Crippen LogP contribution in [0.15, 0.2) is 66.7 Å². The molecule has 166 valence electrons. The second kappa shape index (κ2) is 9.61. The number of hydrogen-bond donors (Lipinski definition) is 1. The van der Waals surface area contributed by atoms with E-state index in [4.69, 9.17) is 27.9 Å². The summed E-state index contributed by atoms with van der Waals surface area (Å²) in [6.07, 6.45) is 0. The lowest BCUT2D eigenvalue weighted by Gasteiger charge is -2.12. The Kier molecular flexibility index (Phi) is 6.63. The Hall–Kier alpha value is -3.41. The third-order valence-electron chi connectivity index (χ3n) is 5.36. The van der Waals surface area contributed by atoms with Crippen molar-refractivity contribution in [2.75, 3.05) is 11.9 Å². The molecular weight excluding hydrogens is 459 g/mol. The number of pyridine rings is 1. The highest BCUT2D eigenvalue weighted by atomic mass is 35.5. The number of nitrogens with one attached hydrogen (secondary N) is 1. The van der Waals surface area contributed by atoms with Crippen LogP contribution in [0.25, 0.3) is 22.2 Å². The predicted octanol–water partition coefficient (Wildman–Crippen LogP) is 6.62. The molecule has 3 aromatic carbocycles. The molecule has 5 nitrogen and oxygen atoms in total. The predicted molar refractivity (Wildman–Crippen MR) is 132 cm³/mol. The van der Waals surface area contributed by atoms with E-state index in [0.29, 0.717) is 43.5 Å². The minimum Gasteiger partial charge on any atom is -0.452 e. The summed E-state index contributed by atoms with van der Waals surface area (Å²) in [5.41, 5.74) is 4.73. The molecule has 4 aromatic rings. The van der Waals surface area contributed by atoms with Crippen molar-refractivity contribution >= 4 is 51.7 Å². The van der Waals surface area contributed by atoms with Crippen LogP contribution >= 0.6 is 23.2 Å². The second-order valence-corrected chi connectivity index (χ2v) is 8.41. The van der Waals surface area contributed by atoms with Crippen LogP contribution in [0.2, 0.25) is 10.0 Å². The van der Waals surface area contributed by atoms with Crippen molar-refractivity contribution in [3.05, 3.63) is 93.5 Å². The van der Waals surface area contributed by atoms with Crippen molar-refractivity contribution in [1.29, 1.82) is 0 Å². The maximum absolute atomic E-state index is 13.0. The van der Waals surface area contributed by atoms with Gasteiger partial charge in [-0.15, -0.1) is 0 Å². The van der Waals surface area contributed by atoms with Crippen LogP contribution in [0.1, 0.15) is 21.5 Å². The van der Waals surface area contributed by atoms with Gasteiger partial charge in [-0.1, -0.05) is 53.5 Å². The fraction of sp³-hybridized carbons (Fsp3) is 0.115. The van der Waals surface area contributed by atoms with E-state index in [2.05, 4.69) is 10.3 Å². The van der Waals surface area contributed by atoms with E-state index < -0.39 is 18.5 Å². The highest BCUT2D eigenvalue weighted by Gasteiger charge is 2.18. The van der Waals surface area contributed by atoms with Crippen LogP contribution in [0, 0.1) is 13.8 Å². The van der Waals surface area contributed by atoms with Gasteiger partial charge in [-0.2, -0.15) is 0 Å². The summed E-state index contributed by atoms with van der Waals surface area (Å²) in [4.78, 5) is 30.0. The summed E-state index contributed by atoms with van der Waals surface area (Å²) in [6.45, 7) is 3.47. The molecule has 0 aliphatic heterocycles. The summed E-state index contributed by atoms with van der Waals surface area (Å²) < 4.78 is 5.35. The summed E-state index contributed by atoms with van der Waals surface area (Å²) >= 11 is 12.4. The minimum atomic E-state index is -0.629. The third kappa shape index (κ3) is 5.00. The molecule has 0 fully saturated rings. The van der Waals surface area contributed by atoms with Gasteiger partial charge in [0.2, 0.25) is 0 Å². The molecule has 0 saturated heterocycles. The number of amides is 1. The van der Waals surface area contributed by atoms with E-state index in [0.717, 1.165) is 11.1 Å². The Balaban J connectivity index is 1.59. The van der Waals surface area contributed by atoms with Crippen LogP contribution in [0.4, 0.5) is 5.69 Å². The number of carbonyl (C=O) groups excluding carboxylic acids is 2. The molecule has 0 aliphatic carbocycles. The molecule has 1 heterocycles. The summed E-state index contributed by atoms with van der Waals surface area (Å²) in [5, 5.41) is 4.32. The molecule has 0 atom stereocenters. The SMILES string of the molecule is Cc1cccc(NC(=O)COC(=O)c2cc(-c3ccc(Cl)cc3Cl)nc3ccccc23)c1C. The number of aromatic nitrogens is 1. The number of nitrogens with zero attached hydrogens (tertiary/aromatic N) is 1. The molecule has 4 rings (SSSR count). The molecule has 0 unspecified atom stereocenters. The second-order valence-electron chi connectivity index (χ2n) is 7.57. The number of aryl methyl sites for hydroxylation is 1. The number of carbonyl (C=O) groups is 2. The van der Waals surface area contributed by atoms with Crippen molar-refractivity contribution < 1.29 is 14.3 Å². The molecule has 1 amide bonds. The minimum absolute atomic E-state index is 0.293. The van der Waals surface area contributed by atoms with Crippen molar-refractivity contribution in [3.63, 3.8) is 0 Å². The molecule has 1 N–H and O–H groups in total. The van der Waals surface area contributed by atoms with E-state index in [1.54, 1.807) is 42.5 Å². The smallest absolute Gasteiger partial charge is 0.339 e. The monoisotopic (exact) mass is 478 g/mol. The van der Waals surface area contributed by atoms with E-state index in [9.17, 15) is 9.59 Å². The van der Waals surface area contributed by atoms with E-state index in [-0.39, 0.29) is 0 Å². The molecule has 7 heteroatoms. The van der Waals surface area contributed by atoms with Gasteiger partial charge in [-0.25, -0.2) is 9.78 Å². The van der Waals surface area contributed by atoms with Crippen molar-refractivity contribution in [3.8, 4) is 11.3 Å². The van der Waals surface area contributed by atoms with Gasteiger partial charge in [0.15, 0.2) is 6.61 Å². The zero-order valence-electron chi connectivity index (χ0n) is 18.0. The first-order valence-electron chi connectivity index (χ1n) is 10.2. The number of ether oxygens (including phenoxy) is 1. The lowest BCUT2D eigenvalue weighted by Crippen LogP contribution is -2.21. The van der Waals surface area contributed by atoms with Gasteiger partial charge in [0.1, 0.15) is 0 Å². The lowest BCUT2D eigenvalue weighted by molar-refractivity contribution is -0.119. The fourth-order valence-electron chi connectivity index (χ4n) is 3.46. The van der Waals surface area contributed by atoms with Crippen LogP contribution in [0.5, 0.6) is 0 Å². The Labute approximate surface area is 201 Å². The van der Waals surface area contributed by atoms with Crippen LogP contribution in [-0.2, 0) is 9.53 Å². The van der Waals surface area contributed by atoms with Crippen molar-refractivity contribution in [2.45, 2.75) is 13.8 Å². The van der Waals surface area contributed by atoms with E-state index >= 15 is 0 Å². The Morgan fingerprint density at radius 1 is 0.970 bits per heavy atom. The maximum atomic E-state index is 13.0. The van der Waals surface area contributed by atoms with Gasteiger partial charge in [0.25, 0.3) is 5.91 Å². The summed E-state index contributed by atoms with van der Waals surface area (Å²) in [7, 11) is 0. The molecule has 0 saturated carbocycles. The van der Waals surface area contributed by atoms with Crippen LogP contribution in [0.3, 0.4) is 0 Å². The largest absolute Gasteiger partial charge is 0.452 e. The number of anilines is 1. The first kappa shape index (κ1) is 22.8. The quantitative estimate of drug-likeness (QED) is 0.327. The Morgan fingerprint density at radius 3 is 2.55 bits per heavy atom. The standard InChI is InChI=1S/C26H20Cl2N2O3/c1-15-6-5-9-22(16(15)2)30-25(31)14-33-26(32)20-13-24(19-11-10-17(27)12-21(19)28)29-23-8-4-3-7-18(20)23/h3-13H,14H2,1-2H3,(H,30,31). The van der Waals surface area contributed by atoms with Gasteiger partial charge in [-0.3, -0.25) is 4.79 Å². The van der Waals surface area contributed by atoms with E-state index in [1.165, 1.54) is 0 Å². The van der Waals surface area contributed by atoms with Crippen molar-refractivity contribution in [2.24, 2.45) is 0 Å². The highest BCUT2D eigenvalue weighted by molar-refractivity contribution is 6.36. The zero-order valence-corrected chi connectivity index (χ0v) is 19.5. The summed E-state index contributed by atoms with van der Waals surface area (Å²) in [6, 6.07) is 19.5. The summed E-state index contributed by atoms with van der Waals surface area (Å²) in [5.74, 6) is -1.05. The first-order chi connectivity index (χ1) is 15.8. The average Bonchev–Trinajstić information content (AvgIpc) is 2.80. The fourth-order valence-corrected chi connectivity index (χ4v) is 3.97. The van der Waals surface area contributed by atoms with Gasteiger partial charge >= 0.3 is 5.97 Å². The molecule has 33 heavy (non-hydrogen) atoms. The van der Waals surface area contributed by atoms with Crippen LogP contribution < -0.4 is 5.32 Å². The average molecular weight is 479 g/mol. The number of rotatable bonds is 5. The number of hydrogen-bond acceptors (Lipinski definition) is 4. The van der Waals surface area contributed by atoms with Crippen molar-refractivity contribution in [1.82, 2.24) is 4.98 Å². The molecule has 0 aliphatic rings. The number of para-hydroxylation sites is 1. The molecule has 0 bridgehead atoms. The number of halogens is 2. The lowest BCUT2D eigenvalue weighted by atomic mass is 10.0. The number of esters is 1. The van der Waals surface area contributed by atoms with Crippen LogP contribution in [-0.4, -0.2) is 23.5 Å². The topological polar surface area (TPSA) is 68.3 Å². The highest BCUT2D eigenvalue weighted by Crippen LogP contribution is 2.32. The third-order valence-corrected chi connectivity index (χ3v) is 5.90. The molecule has 1 aromatic heterocycles. The molecule has 0 radical (unpaired) electrons. The maximum Gasteiger partial charge on any atom is 0.339 e. The normalized spacial score (nSPS) is 10.8. The molecular formula is C26H20Cl2N2O3. The van der Waals surface area contributed by atoms with E-state index in [1.807, 2.05) is 38.1 Å². The Morgan fingerprint density at radius 2 is 1.76 bits per heavy atom. The van der Waals surface area contributed by atoms with Gasteiger partial charge < -0.3 is 10.1 Å². The van der Waals surface area contributed by atoms with Gasteiger partial charge in [-0.05, 0) is 61.4 Å². The number of fused-ring (bicyclic) bond motifs is 1.